The largest absolute Gasteiger partial charge is 0.382 e. The number of pyridine rings is 1. The zero-order valence-corrected chi connectivity index (χ0v) is 12.5. The van der Waals surface area contributed by atoms with E-state index in [0.717, 1.165) is 26.8 Å². The first-order chi connectivity index (χ1) is 9.74. The van der Waals surface area contributed by atoms with Gasteiger partial charge in [-0.2, -0.15) is 4.37 Å². The molecule has 0 spiro atoms. The molecule has 0 aromatic carbocycles. The molecule has 0 fully saturated rings. The van der Waals surface area contributed by atoms with E-state index in [0.29, 0.717) is 12.4 Å². The summed E-state index contributed by atoms with van der Waals surface area (Å²) in [4.78, 5) is 8.49. The van der Waals surface area contributed by atoms with Gasteiger partial charge in [0.25, 0.3) is 0 Å². The molecule has 0 bridgehead atoms. The molecule has 7 heteroatoms. The number of nitrogen functional groups attached to an aromatic ring is 1. The van der Waals surface area contributed by atoms with Crippen molar-refractivity contribution in [1.82, 2.24) is 14.3 Å². The standard InChI is InChI=1S/C13H13N5S2/c1-8-7-19-13(17-8)10-11(14)18-20-12(10)16-6-9-2-4-15-5-3-9/h2-5,7,16H,6H2,1H3,(H2,14,18). The third kappa shape index (κ3) is 2.63. The van der Waals surface area contributed by atoms with Crippen LogP contribution in [0.5, 0.6) is 0 Å². The van der Waals surface area contributed by atoms with Crippen molar-refractivity contribution in [2.24, 2.45) is 0 Å². The maximum absolute atomic E-state index is 5.97. The van der Waals surface area contributed by atoms with Gasteiger partial charge in [-0.05, 0) is 36.2 Å². The number of hydrogen-bond donors (Lipinski definition) is 2. The quantitative estimate of drug-likeness (QED) is 0.774. The van der Waals surface area contributed by atoms with Crippen molar-refractivity contribution in [1.29, 1.82) is 0 Å². The Morgan fingerprint density at radius 3 is 2.80 bits per heavy atom. The van der Waals surface area contributed by atoms with Gasteiger partial charge in [-0.1, -0.05) is 0 Å². The molecule has 3 aromatic rings. The van der Waals surface area contributed by atoms with Crippen LogP contribution < -0.4 is 11.1 Å². The van der Waals surface area contributed by atoms with E-state index < -0.39 is 0 Å². The molecule has 0 saturated heterocycles. The maximum Gasteiger partial charge on any atom is 0.149 e. The minimum atomic E-state index is 0.529. The van der Waals surface area contributed by atoms with Crippen LogP contribution in [0.4, 0.5) is 10.8 Å². The minimum Gasteiger partial charge on any atom is -0.382 e. The van der Waals surface area contributed by atoms with Crippen molar-refractivity contribution in [2.75, 3.05) is 11.1 Å². The molecule has 0 atom stereocenters. The van der Waals surface area contributed by atoms with Crippen LogP contribution in [-0.2, 0) is 6.54 Å². The summed E-state index contributed by atoms with van der Waals surface area (Å²) in [5.74, 6) is 0.529. The number of aromatic nitrogens is 3. The summed E-state index contributed by atoms with van der Waals surface area (Å²) in [6.45, 7) is 2.68. The Kier molecular flexibility index (Phi) is 3.62. The minimum absolute atomic E-state index is 0.529. The van der Waals surface area contributed by atoms with Crippen LogP contribution in [0.3, 0.4) is 0 Å². The van der Waals surface area contributed by atoms with E-state index >= 15 is 0 Å². The monoisotopic (exact) mass is 303 g/mol. The predicted octanol–water partition coefficient (Wildman–Crippen LogP) is 3.16. The average molecular weight is 303 g/mol. The van der Waals surface area contributed by atoms with E-state index in [1.54, 1.807) is 23.7 Å². The lowest BCUT2D eigenvalue weighted by molar-refractivity contribution is 1.14. The Hall–Kier alpha value is -1.99. The Balaban J connectivity index is 1.84. The lowest BCUT2D eigenvalue weighted by atomic mass is 10.2. The smallest absolute Gasteiger partial charge is 0.149 e. The molecule has 3 N–H and O–H groups in total. The van der Waals surface area contributed by atoms with Crippen molar-refractivity contribution in [3.8, 4) is 10.6 Å². The molecule has 0 unspecified atom stereocenters. The fourth-order valence-corrected chi connectivity index (χ4v) is 3.41. The highest BCUT2D eigenvalue weighted by atomic mass is 32.1. The first-order valence-electron chi connectivity index (χ1n) is 6.04. The highest BCUT2D eigenvalue weighted by Crippen LogP contribution is 2.38. The number of nitrogens with zero attached hydrogens (tertiary/aromatic N) is 3. The van der Waals surface area contributed by atoms with E-state index in [1.807, 2.05) is 24.4 Å². The highest BCUT2D eigenvalue weighted by molar-refractivity contribution is 7.15. The molecule has 0 aliphatic rings. The second kappa shape index (κ2) is 5.56. The molecule has 5 nitrogen and oxygen atoms in total. The van der Waals surface area contributed by atoms with Crippen molar-refractivity contribution < 1.29 is 0 Å². The lowest BCUT2D eigenvalue weighted by Crippen LogP contribution is -1.99. The summed E-state index contributed by atoms with van der Waals surface area (Å²) in [5, 5.41) is 7.25. The van der Waals surface area contributed by atoms with Crippen LogP contribution in [0.15, 0.2) is 29.9 Å². The zero-order valence-electron chi connectivity index (χ0n) is 10.8. The molecule has 102 valence electrons. The average Bonchev–Trinajstić information content (AvgIpc) is 3.03. The zero-order chi connectivity index (χ0) is 13.9. The molecule has 3 rings (SSSR count). The van der Waals surface area contributed by atoms with Gasteiger partial charge in [0, 0.05) is 30.0 Å². The molecule has 0 amide bonds. The fourth-order valence-electron chi connectivity index (χ4n) is 1.78. The first-order valence-corrected chi connectivity index (χ1v) is 7.70. The van der Waals surface area contributed by atoms with Gasteiger partial charge in [0.15, 0.2) is 0 Å². The molecule has 3 aromatic heterocycles. The number of anilines is 2. The van der Waals surface area contributed by atoms with Gasteiger partial charge in [0.2, 0.25) is 0 Å². The van der Waals surface area contributed by atoms with Crippen molar-refractivity contribution in [2.45, 2.75) is 13.5 Å². The number of hydrogen-bond acceptors (Lipinski definition) is 7. The lowest BCUT2D eigenvalue weighted by Gasteiger charge is -2.05. The van der Waals surface area contributed by atoms with Crippen molar-refractivity contribution >= 4 is 33.7 Å². The number of rotatable bonds is 4. The van der Waals surface area contributed by atoms with Crippen LogP contribution in [0.1, 0.15) is 11.3 Å². The van der Waals surface area contributed by atoms with Crippen LogP contribution >= 0.6 is 22.9 Å². The van der Waals surface area contributed by atoms with Gasteiger partial charge in [-0.15, -0.1) is 11.3 Å². The van der Waals surface area contributed by atoms with Crippen LogP contribution in [0.2, 0.25) is 0 Å². The van der Waals surface area contributed by atoms with E-state index in [1.165, 1.54) is 11.5 Å². The fraction of sp³-hybridized carbons (Fsp3) is 0.154. The molecule has 0 aliphatic heterocycles. The van der Waals surface area contributed by atoms with Gasteiger partial charge in [0.1, 0.15) is 15.8 Å². The van der Waals surface area contributed by atoms with E-state index in [2.05, 4.69) is 19.7 Å². The SMILES string of the molecule is Cc1csc(-c2c(N)nsc2NCc2ccncc2)n1. The van der Waals surface area contributed by atoms with Crippen LogP contribution in [0.25, 0.3) is 10.6 Å². The van der Waals surface area contributed by atoms with E-state index in [4.69, 9.17) is 5.73 Å². The summed E-state index contributed by atoms with van der Waals surface area (Å²) >= 11 is 2.95. The number of nitrogens with one attached hydrogen (secondary N) is 1. The normalized spacial score (nSPS) is 10.7. The van der Waals surface area contributed by atoms with E-state index in [9.17, 15) is 0 Å². The molecule has 0 radical (unpaired) electrons. The topological polar surface area (TPSA) is 76.7 Å². The Morgan fingerprint density at radius 2 is 2.10 bits per heavy atom. The van der Waals surface area contributed by atoms with Gasteiger partial charge in [-0.3, -0.25) is 4.98 Å². The van der Waals surface area contributed by atoms with Gasteiger partial charge >= 0.3 is 0 Å². The third-order valence-corrected chi connectivity index (χ3v) is 4.55. The molecular formula is C13H13N5S2. The first kappa shape index (κ1) is 13.0. The van der Waals surface area contributed by atoms with Crippen molar-refractivity contribution in [3.63, 3.8) is 0 Å². The second-order valence-electron chi connectivity index (χ2n) is 4.27. The van der Waals surface area contributed by atoms with Gasteiger partial charge in [0.05, 0.1) is 5.56 Å². The molecule has 20 heavy (non-hydrogen) atoms. The maximum atomic E-state index is 5.97. The van der Waals surface area contributed by atoms with Crippen LogP contribution in [0, 0.1) is 6.92 Å². The summed E-state index contributed by atoms with van der Waals surface area (Å²) in [6, 6.07) is 3.95. The highest BCUT2D eigenvalue weighted by Gasteiger charge is 2.16. The van der Waals surface area contributed by atoms with Crippen LogP contribution in [-0.4, -0.2) is 14.3 Å². The number of thiazole rings is 1. The molecular weight excluding hydrogens is 290 g/mol. The number of aryl methyl sites for hydroxylation is 1. The molecule has 3 heterocycles. The van der Waals surface area contributed by atoms with Gasteiger partial charge in [-0.25, -0.2) is 4.98 Å². The van der Waals surface area contributed by atoms with E-state index in [-0.39, 0.29) is 0 Å². The Morgan fingerprint density at radius 1 is 1.30 bits per heavy atom. The molecule has 0 aliphatic carbocycles. The Labute approximate surface area is 124 Å². The third-order valence-electron chi connectivity index (χ3n) is 2.75. The summed E-state index contributed by atoms with van der Waals surface area (Å²) in [6.07, 6.45) is 3.56. The summed E-state index contributed by atoms with van der Waals surface area (Å²) < 4.78 is 4.23. The molecule has 0 saturated carbocycles. The van der Waals surface area contributed by atoms with Gasteiger partial charge < -0.3 is 11.1 Å². The second-order valence-corrected chi connectivity index (χ2v) is 5.91. The number of nitrogens with two attached hydrogens (primary N) is 1. The summed E-state index contributed by atoms with van der Waals surface area (Å²) in [5.41, 5.74) is 9.03. The summed E-state index contributed by atoms with van der Waals surface area (Å²) in [7, 11) is 0. The Bertz CT molecular complexity index is 705. The predicted molar refractivity (Wildman–Crippen MR) is 83.9 cm³/mol. The van der Waals surface area contributed by atoms with Crippen molar-refractivity contribution in [3.05, 3.63) is 41.2 Å².